The second-order valence-corrected chi connectivity index (χ2v) is 4.51. The zero-order valence-corrected chi connectivity index (χ0v) is 10.8. The quantitative estimate of drug-likeness (QED) is 0.742. The van der Waals surface area contributed by atoms with Gasteiger partial charge in [0.05, 0.1) is 6.61 Å². The van der Waals surface area contributed by atoms with Gasteiger partial charge in [0.1, 0.15) is 18.5 Å². The molecule has 2 aliphatic heterocycles. The molecular weight excluding hydrogens is 278 g/mol. The van der Waals surface area contributed by atoms with Gasteiger partial charge in [0, 0.05) is 13.0 Å². The molecule has 3 amide bonds. The van der Waals surface area contributed by atoms with Crippen molar-refractivity contribution < 1.29 is 33.0 Å². The van der Waals surface area contributed by atoms with Crippen molar-refractivity contribution >= 4 is 11.9 Å². The summed E-state index contributed by atoms with van der Waals surface area (Å²) in [6.45, 7) is 1.09. The van der Waals surface area contributed by atoms with Crippen LogP contribution in [0.15, 0.2) is 0 Å². The lowest BCUT2D eigenvalue weighted by Gasteiger charge is -2.39. The molecule has 0 radical (unpaired) electrons. The van der Waals surface area contributed by atoms with Crippen molar-refractivity contribution in [2.75, 3.05) is 13.2 Å². The number of urea groups is 1. The van der Waals surface area contributed by atoms with E-state index in [2.05, 4.69) is 0 Å². The second-order valence-electron chi connectivity index (χ2n) is 4.51. The van der Waals surface area contributed by atoms with Gasteiger partial charge in [-0.05, 0) is 6.92 Å². The van der Waals surface area contributed by atoms with Crippen molar-refractivity contribution in [2.45, 2.75) is 44.2 Å². The van der Waals surface area contributed by atoms with Crippen molar-refractivity contribution in [1.29, 1.82) is 0 Å². The summed E-state index contributed by atoms with van der Waals surface area (Å²) >= 11 is 0. The normalized spacial score (nSPS) is 38.2. The lowest BCUT2D eigenvalue weighted by Crippen LogP contribution is -2.65. The third kappa shape index (κ3) is 2.60. The molecule has 2 aliphatic rings. The molecule has 0 aromatic carbocycles. The van der Waals surface area contributed by atoms with E-state index in [0.29, 0.717) is 0 Å². The summed E-state index contributed by atoms with van der Waals surface area (Å²) < 4.78 is 37.7. The van der Waals surface area contributed by atoms with Gasteiger partial charge in [0.15, 0.2) is 6.23 Å². The predicted molar refractivity (Wildman–Crippen MR) is 60.9 cm³/mol. The third-order valence-electron chi connectivity index (χ3n) is 3.23. The number of alkyl halides is 2. The Hall–Kier alpha value is -1.32. The van der Waals surface area contributed by atoms with Crippen molar-refractivity contribution in [3.05, 3.63) is 0 Å². The summed E-state index contributed by atoms with van der Waals surface area (Å²) in [5, 5.41) is 10.8. The Kier molecular flexibility index (Phi) is 4.51. The van der Waals surface area contributed by atoms with Crippen molar-refractivity contribution in [3.63, 3.8) is 0 Å². The van der Waals surface area contributed by atoms with E-state index in [1.54, 1.807) is 6.92 Å². The van der Waals surface area contributed by atoms with Gasteiger partial charge in [-0.3, -0.25) is 15.0 Å². The maximum atomic E-state index is 13.9. The minimum Gasteiger partial charge on any atom is -0.394 e. The first-order chi connectivity index (χ1) is 9.49. The molecule has 0 spiro atoms. The fourth-order valence-corrected chi connectivity index (χ4v) is 2.28. The van der Waals surface area contributed by atoms with E-state index in [-0.39, 0.29) is 13.0 Å². The Morgan fingerprint density at radius 3 is 2.75 bits per heavy atom. The molecule has 114 valence electrons. The van der Waals surface area contributed by atoms with Crippen molar-refractivity contribution in [1.82, 2.24) is 10.2 Å². The van der Waals surface area contributed by atoms with Gasteiger partial charge in [0.25, 0.3) is 5.91 Å². The topological polar surface area (TPSA) is 88.1 Å². The largest absolute Gasteiger partial charge is 0.394 e. The lowest BCUT2D eigenvalue weighted by molar-refractivity contribution is -0.169. The van der Waals surface area contributed by atoms with Crippen LogP contribution in [0, 0.1) is 0 Å². The number of halogens is 2. The number of carbonyl (C=O) groups is 2. The van der Waals surface area contributed by atoms with Crippen molar-refractivity contribution in [3.8, 4) is 0 Å². The van der Waals surface area contributed by atoms with Gasteiger partial charge >= 0.3 is 6.03 Å². The predicted octanol–water partition coefficient (Wildman–Crippen LogP) is -0.316. The Labute approximate surface area is 113 Å². The summed E-state index contributed by atoms with van der Waals surface area (Å²) in [7, 11) is 0. The SMILES string of the molecule is CCOC1C(F)C(=O)NC(=O)N1C1CC(F)C(CO)O1. The average molecular weight is 294 g/mol. The zero-order valence-electron chi connectivity index (χ0n) is 10.8. The van der Waals surface area contributed by atoms with Gasteiger partial charge in [0.2, 0.25) is 6.17 Å². The van der Waals surface area contributed by atoms with Gasteiger partial charge in [-0.1, -0.05) is 0 Å². The van der Waals surface area contributed by atoms with Gasteiger partial charge < -0.3 is 14.6 Å². The van der Waals surface area contributed by atoms with Crippen molar-refractivity contribution in [2.24, 2.45) is 0 Å². The van der Waals surface area contributed by atoms with Crippen LogP contribution in [0.4, 0.5) is 13.6 Å². The Morgan fingerprint density at radius 1 is 1.50 bits per heavy atom. The van der Waals surface area contributed by atoms with E-state index < -0.39 is 49.4 Å². The molecule has 2 heterocycles. The first-order valence-electron chi connectivity index (χ1n) is 6.28. The summed E-state index contributed by atoms with van der Waals surface area (Å²) in [6.07, 6.45) is -7.41. The average Bonchev–Trinajstić information content (AvgIpc) is 2.76. The van der Waals surface area contributed by atoms with Crippen LogP contribution in [0.3, 0.4) is 0 Å². The van der Waals surface area contributed by atoms with E-state index in [1.807, 2.05) is 5.32 Å². The number of nitrogens with zero attached hydrogens (tertiary/aromatic N) is 1. The fourth-order valence-electron chi connectivity index (χ4n) is 2.28. The summed E-state index contributed by atoms with van der Waals surface area (Å²) in [6, 6.07) is -0.905. The van der Waals surface area contributed by atoms with E-state index in [1.165, 1.54) is 0 Å². The summed E-state index contributed by atoms with van der Waals surface area (Å²) in [5.74, 6) is -1.10. The van der Waals surface area contributed by atoms with E-state index in [0.717, 1.165) is 4.90 Å². The second kappa shape index (κ2) is 5.98. The zero-order chi connectivity index (χ0) is 14.9. The molecule has 7 nitrogen and oxygen atoms in total. The molecule has 0 aromatic heterocycles. The number of hydrogen-bond acceptors (Lipinski definition) is 5. The fraction of sp³-hybridized carbons (Fsp3) is 0.818. The number of aliphatic hydroxyl groups is 1. The summed E-state index contributed by atoms with van der Waals surface area (Å²) in [5.41, 5.74) is 0. The number of rotatable bonds is 4. The Balaban J connectivity index is 2.18. The van der Waals surface area contributed by atoms with Crippen LogP contribution >= 0.6 is 0 Å². The van der Waals surface area contributed by atoms with Crippen LogP contribution in [0.2, 0.25) is 0 Å². The molecule has 0 aliphatic carbocycles. The van der Waals surface area contributed by atoms with Gasteiger partial charge in [-0.15, -0.1) is 0 Å². The highest BCUT2D eigenvalue weighted by Crippen LogP contribution is 2.30. The smallest absolute Gasteiger partial charge is 0.328 e. The van der Waals surface area contributed by atoms with Crippen LogP contribution in [0.5, 0.6) is 0 Å². The molecule has 9 heteroatoms. The molecule has 20 heavy (non-hydrogen) atoms. The molecular formula is C11H16F2N2O5. The Morgan fingerprint density at radius 2 is 2.20 bits per heavy atom. The molecule has 2 saturated heterocycles. The molecule has 0 bridgehead atoms. The molecule has 2 fully saturated rings. The molecule has 2 rings (SSSR count). The third-order valence-corrected chi connectivity index (χ3v) is 3.23. The molecule has 2 N–H and O–H groups in total. The minimum absolute atomic E-state index is 0.0668. The summed E-state index contributed by atoms with van der Waals surface area (Å²) in [4.78, 5) is 23.9. The Bertz CT molecular complexity index is 397. The highest BCUT2D eigenvalue weighted by molar-refractivity contribution is 5.99. The minimum atomic E-state index is -2.08. The molecule has 5 atom stereocenters. The van der Waals surface area contributed by atoms with Crippen LogP contribution < -0.4 is 5.32 Å². The molecule has 0 saturated carbocycles. The van der Waals surface area contributed by atoms with Gasteiger partial charge in [-0.25, -0.2) is 13.6 Å². The highest BCUT2D eigenvalue weighted by atomic mass is 19.1. The van der Waals surface area contributed by atoms with Crippen LogP contribution in [-0.4, -0.2) is 66.1 Å². The standard InChI is InChI=1S/C11H16F2N2O5/c1-2-19-10-8(13)9(17)14-11(18)15(10)7-3-5(12)6(4-16)20-7/h5-8,10,16H,2-4H2,1H3,(H,14,17,18). The number of amides is 3. The first-order valence-corrected chi connectivity index (χ1v) is 6.28. The number of hydrogen-bond donors (Lipinski definition) is 2. The van der Waals surface area contributed by atoms with Gasteiger partial charge in [-0.2, -0.15) is 0 Å². The maximum Gasteiger partial charge on any atom is 0.328 e. The molecule has 5 unspecified atom stereocenters. The number of nitrogens with one attached hydrogen (secondary N) is 1. The van der Waals surface area contributed by atoms with E-state index >= 15 is 0 Å². The van der Waals surface area contributed by atoms with E-state index in [9.17, 15) is 18.4 Å². The van der Waals surface area contributed by atoms with Crippen LogP contribution in [0.25, 0.3) is 0 Å². The van der Waals surface area contributed by atoms with Crippen LogP contribution in [0.1, 0.15) is 13.3 Å². The first kappa shape index (κ1) is 15.1. The van der Waals surface area contributed by atoms with E-state index in [4.69, 9.17) is 14.6 Å². The number of ether oxygens (including phenoxy) is 2. The highest BCUT2D eigenvalue weighted by Gasteiger charge is 2.49. The monoisotopic (exact) mass is 294 g/mol. The van der Waals surface area contributed by atoms with Crippen LogP contribution in [-0.2, 0) is 14.3 Å². The molecule has 0 aromatic rings. The number of aliphatic hydroxyl groups excluding tert-OH is 1. The number of imide groups is 1. The lowest BCUT2D eigenvalue weighted by atomic mass is 10.1. The maximum absolute atomic E-state index is 13.9. The number of carbonyl (C=O) groups excluding carboxylic acids is 2.